The van der Waals surface area contributed by atoms with Crippen LogP contribution in [0.3, 0.4) is 0 Å². The van der Waals surface area contributed by atoms with Gasteiger partial charge in [-0.15, -0.1) is 0 Å². The molecular weight excluding hydrogens is 382 g/mol. The van der Waals surface area contributed by atoms with Crippen molar-refractivity contribution in [1.29, 1.82) is 0 Å². The summed E-state index contributed by atoms with van der Waals surface area (Å²) in [6.45, 7) is -0.117. The Morgan fingerprint density at radius 1 is 1.32 bits per heavy atom. The van der Waals surface area contributed by atoms with Gasteiger partial charge >= 0.3 is 5.97 Å². The van der Waals surface area contributed by atoms with Gasteiger partial charge in [0.25, 0.3) is 0 Å². The molecule has 1 N–H and O–H groups in total. The van der Waals surface area contributed by atoms with Crippen molar-refractivity contribution in [1.82, 2.24) is 4.90 Å². The van der Waals surface area contributed by atoms with Crippen LogP contribution in [-0.2, 0) is 25.5 Å². The normalized spacial score (nSPS) is 16.4. The number of ether oxygens (including phenoxy) is 1. The second-order valence-electron chi connectivity index (χ2n) is 6.69. The molecule has 28 heavy (non-hydrogen) atoms. The summed E-state index contributed by atoms with van der Waals surface area (Å²) in [6.07, 6.45) is 3.51. The molecule has 0 radical (unpaired) electrons. The SMILES string of the molecule is O=C(O)COCC#CCN1C(=O)CCCC1CCC(=O)Cc1cccc(Cl)c1. The van der Waals surface area contributed by atoms with E-state index in [9.17, 15) is 14.4 Å². The van der Waals surface area contributed by atoms with Gasteiger partial charge in [-0.3, -0.25) is 9.59 Å². The van der Waals surface area contributed by atoms with Crippen LogP contribution in [0, 0.1) is 11.8 Å². The summed E-state index contributed by atoms with van der Waals surface area (Å²) in [5.41, 5.74) is 0.890. The highest BCUT2D eigenvalue weighted by atomic mass is 35.5. The molecule has 0 bridgehead atoms. The van der Waals surface area contributed by atoms with Crippen molar-refractivity contribution < 1.29 is 24.2 Å². The van der Waals surface area contributed by atoms with Gasteiger partial charge in [-0.2, -0.15) is 0 Å². The van der Waals surface area contributed by atoms with E-state index < -0.39 is 12.6 Å². The second-order valence-corrected chi connectivity index (χ2v) is 7.13. The number of Topliss-reactive ketones (excluding diaryl/α,β-unsaturated/α-hetero) is 1. The van der Waals surface area contributed by atoms with Gasteiger partial charge in [0.1, 0.15) is 19.0 Å². The number of carboxylic acid groups (broad SMARTS) is 1. The number of hydrogen-bond donors (Lipinski definition) is 1. The highest BCUT2D eigenvalue weighted by Crippen LogP contribution is 2.22. The fourth-order valence-corrected chi connectivity index (χ4v) is 3.39. The zero-order valence-corrected chi connectivity index (χ0v) is 16.4. The summed E-state index contributed by atoms with van der Waals surface area (Å²) in [6, 6.07) is 7.26. The molecule has 1 unspecified atom stereocenters. The number of carboxylic acids is 1. The van der Waals surface area contributed by atoms with E-state index >= 15 is 0 Å². The zero-order chi connectivity index (χ0) is 20.4. The molecule has 1 heterocycles. The zero-order valence-electron chi connectivity index (χ0n) is 15.7. The third kappa shape index (κ3) is 7.71. The molecule has 0 aliphatic carbocycles. The molecule has 7 heteroatoms. The molecule has 0 aromatic heterocycles. The predicted octanol–water partition coefficient (Wildman–Crippen LogP) is 2.72. The molecule has 2 rings (SSSR count). The first-order chi connectivity index (χ1) is 13.5. The van der Waals surface area contributed by atoms with Gasteiger partial charge in [0.2, 0.25) is 5.91 Å². The van der Waals surface area contributed by atoms with Gasteiger partial charge in [-0.1, -0.05) is 35.6 Å². The van der Waals surface area contributed by atoms with Crippen LogP contribution in [-0.4, -0.2) is 53.5 Å². The molecule has 1 saturated heterocycles. The molecule has 6 nitrogen and oxygen atoms in total. The van der Waals surface area contributed by atoms with Crippen LogP contribution < -0.4 is 0 Å². The maximum absolute atomic E-state index is 12.3. The van der Waals surface area contributed by atoms with Crippen LogP contribution in [0.5, 0.6) is 0 Å². The molecule has 1 aromatic rings. The van der Waals surface area contributed by atoms with Crippen LogP contribution in [0.4, 0.5) is 0 Å². The van der Waals surface area contributed by atoms with Crippen molar-refractivity contribution in [3.05, 3.63) is 34.9 Å². The number of ketones is 1. The lowest BCUT2D eigenvalue weighted by Crippen LogP contribution is -2.44. The first kappa shape index (κ1) is 21.9. The van der Waals surface area contributed by atoms with Crippen LogP contribution in [0.2, 0.25) is 5.02 Å². The van der Waals surface area contributed by atoms with Crippen LogP contribution in [0.15, 0.2) is 24.3 Å². The summed E-state index contributed by atoms with van der Waals surface area (Å²) in [4.78, 5) is 36.6. The van der Waals surface area contributed by atoms with Gasteiger partial charge < -0.3 is 14.7 Å². The lowest BCUT2D eigenvalue weighted by molar-refractivity contribution is -0.141. The number of rotatable bonds is 9. The minimum atomic E-state index is -1.05. The Balaban J connectivity index is 1.82. The Bertz CT molecular complexity index is 768. The van der Waals surface area contributed by atoms with E-state index in [1.54, 1.807) is 17.0 Å². The molecule has 1 atom stereocenters. The number of amides is 1. The van der Waals surface area contributed by atoms with Crippen LogP contribution >= 0.6 is 11.6 Å². The smallest absolute Gasteiger partial charge is 0.329 e. The molecule has 1 aliphatic rings. The van der Waals surface area contributed by atoms with Gasteiger partial charge in [0.05, 0.1) is 6.54 Å². The monoisotopic (exact) mass is 405 g/mol. The van der Waals surface area contributed by atoms with E-state index in [0.717, 1.165) is 18.4 Å². The Kier molecular flexibility index (Phi) is 8.99. The lowest BCUT2D eigenvalue weighted by atomic mass is 9.95. The lowest BCUT2D eigenvalue weighted by Gasteiger charge is -2.34. The molecule has 1 amide bonds. The van der Waals surface area contributed by atoms with Crippen molar-refractivity contribution in [2.24, 2.45) is 0 Å². The van der Waals surface area contributed by atoms with E-state index in [-0.39, 0.29) is 30.9 Å². The minimum absolute atomic E-state index is 0.00111. The number of halogens is 1. The molecule has 150 valence electrons. The van der Waals surface area contributed by atoms with Crippen LogP contribution in [0.1, 0.15) is 37.7 Å². The van der Waals surface area contributed by atoms with E-state index in [4.69, 9.17) is 21.4 Å². The van der Waals surface area contributed by atoms with E-state index in [2.05, 4.69) is 11.8 Å². The predicted molar refractivity (Wildman–Crippen MR) is 105 cm³/mol. The summed E-state index contributed by atoms with van der Waals surface area (Å²) >= 11 is 5.95. The Morgan fingerprint density at radius 2 is 2.14 bits per heavy atom. The van der Waals surface area contributed by atoms with Crippen molar-refractivity contribution in [2.75, 3.05) is 19.8 Å². The second kappa shape index (κ2) is 11.5. The first-order valence-electron chi connectivity index (χ1n) is 9.26. The van der Waals surface area contributed by atoms with E-state index in [1.807, 2.05) is 12.1 Å². The average Bonchev–Trinajstić information content (AvgIpc) is 2.64. The largest absolute Gasteiger partial charge is 0.480 e. The Labute approximate surface area is 169 Å². The number of hydrogen-bond acceptors (Lipinski definition) is 4. The van der Waals surface area contributed by atoms with Crippen molar-refractivity contribution >= 4 is 29.3 Å². The molecular formula is C21H24ClNO5. The van der Waals surface area contributed by atoms with Gasteiger partial charge in [0.15, 0.2) is 0 Å². The van der Waals surface area contributed by atoms with Gasteiger partial charge in [-0.05, 0) is 37.0 Å². The summed E-state index contributed by atoms with van der Waals surface area (Å²) in [5.74, 6) is 4.70. The number of carbonyl (C=O) groups excluding carboxylic acids is 2. The summed E-state index contributed by atoms with van der Waals surface area (Å²) in [7, 11) is 0. The van der Waals surface area contributed by atoms with Crippen molar-refractivity contribution in [3.63, 3.8) is 0 Å². The van der Waals surface area contributed by atoms with E-state index in [1.165, 1.54) is 0 Å². The third-order valence-corrected chi connectivity index (χ3v) is 4.75. The standard InChI is InChI=1S/C21H24ClNO5/c22-17-6-3-5-16(13-17)14-19(24)10-9-18-7-4-8-20(25)23(18)11-1-2-12-28-15-21(26)27/h3,5-6,13,18H,4,7-12,14-15H2,(H,26,27). The first-order valence-corrected chi connectivity index (χ1v) is 9.64. The van der Waals surface area contributed by atoms with Crippen molar-refractivity contribution in [2.45, 2.75) is 44.6 Å². The molecule has 1 aromatic carbocycles. The number of carbonyl (C=O) groups is 3. The molecule has 0 saturated carbocycles. The maximum Gasteiger partial charge on any atom is 0.329 e. The van der Waals surface area contributed by atoms with Crippen LogP contribution in [0.25, 0.3) is 0 Å². The Morgan fingerprint density at radius 3 is 2.89 bits per heavy atom. The molecule has 1 fully saturated rings. The van der Waals surface area contributed by atoms with E-state index in [0.29, 0.717) is 30.7 Å². The topological polar surface area (TPSA) is 83.9 Å². The van der Waals surface area contributed by atoms with Crippen molar-refractivity contribution in [3.8, 4) is 11.8 Å². The molecule has 1 aliphatic heterocycles. The number of benzene rings is 1. The Hall–Kier alpha value is -2.36. The number of aliphatic carboxylic acids is 1. The number of likely N-dealkylation sites (tertiary alicyclic amines) is 1. The summed E-state index contributed by atoms with van der Waals surface area (Å²) in [5, 5.41) is 9.10. The molecule has 0 spiro atoms. The quantitative estimate of drug-likeness (QED) is 0.504. The maximum atomic E-state index is 12.3. The number of nitrogens with zero attached hydrogens (tertiary/aromatic N) is 1. The highest BCUT2D eigenvalue weighted by molar-refractivity contribution is 6.30. The fraction of sp³-hybridized carbons (Fsp3) is 0.476. The minimum Gasteiger partial charge on any atom is -0.480 e. The average molecular weight is 406 g/mol. The highest BCUT2D eigenvalue weighted by Gasteiger charge is 2.27. The van der Waals surface area contributed by atoms with Gasteiger partial charge in [0, 0.05) is 30.3 Å². The number of piperidine rings is 1. The third-order valence-electron chi connectivity index (χ3n) is 4.51. The summed E-state index contributed by atoms with van der Waals surface area (Å²) < 4.78 is 4.85. The van der Waals surface area contributed by atoms with Gasteiger partial charge in [-0.25, -0.2) is 4.79 Å². The fourth-order valence-electron chi connectivity index (χ4n) is 3.18.